The normalized spacial score (nSPS) is 11.0. The minimum atomic E-state index is -3.83. The summed E-state index contributed by atoms with van der Waals surface area (Å²) in [5.74, 6) is -0.580. The molecule has 0 aliphatic rings. The molecule has 7 heteroatoms. The number of hydrogen-bond acceptors (Lipinski definition) is 4. The number of sulfonamides is 1. The van der Waals surface area contributed by atoms with Crippen LogP contribution < -0.4 is 9.62 Å². The van der Waals surface area contributed by atoms with Gasteiger partial charge in [0.05, 0.1) is 10.6 Å². The maximum atomic E-state index is 12.9. The average molecular weight is 408 g/mol. The summed E-state index contributed by atoms with van der Waals surface area (Å²) < 4.78 is 27.1. The fourth-order valence-electron chi connectivity index (χ4n) is 2.75. The second kappa shape index (κ2) is 8.28. The van der Waals surface area contributed by atoms with Crippen molar-refractivity contribution in [2.45, 2.75) is 11.8 Å². The van der Waals surface area contributed by atoms with Crippen molar-refractivity contribution in [3.63, 3.8) is 0 Å². The maximum absolute atomic E-state index is 12.9. The van der Waals surface area contributed by atoms with Crippen molar-refractivity contribution in [3.05, 3.63) is 90.0 Å². The molecule has 3 aromatic carbocycles. The number of benzene rings is 3. The summed E-state index contributed by atoms with van der Waals surface area (Å²) in [7, 11) is -2.37. The Bertz CT molecular complexity index is 1160. The van der Waals surface area contributed by atoms with Gasteiger partial charge in [0, 0.05) is 23.9 Å². The molecule has 3 rings (SSSR count). The molecule has 0 radical (unpaired) electrons. The number of amides is 1. The Labute approximate surface area is 169 Å². The number of nitrogens with one attached hydrogen (secondary N) is 1. The molecule has 0 bridgehead atoms. The molecule has 0 saturated carbocycles. The second-order valence-electron chi connectivity index (χ2n) is 6.43. The number of Topliss-reactive ketones (excluding diaryl/α,β-unsaturated/α-hetero) is 1. The number of anilines is 2. The summed E-state index contributed by atoms with van der Waals surface area (Å²) in [5.41, 5.74) is 1.64. The van der Waals surface area contributed by atoms with E-state index in [1.165, 1.54) is 42.5 Å². The largest absolute Gasteiger partial charge is 0.322 e. The highest BCUT2D eigenvalue weighted by Gasteiger charge is 2.22. The van der Waals surface area contributed by atoms with Crippen molar-refractivity contribution in [2.75, 3.05) is 16.7 Å². The number of rotatable bonds is 6. The summed E-state index contributed by atoms with van der Waals surface area (Å²) in [5, 5.41) is 2.69. The van der Waals surface area contributed by atoms with Gasteiger partial charge in [-0.25, -0.2) is 8.42 Å². The Morgan fingerprint density at radius 3 is 2.17 bits per heavy atom. The monoisotopic (exact) mass is 408 g/mol. The van der Waals surface area contributed by atoms with Crippen molar-refractivity contribution < 1.29 is 18.0 Å². The lowest BCUT2D eigenvalue weighted by molar-refractivity contribution is 0.101. The van der Waals surface area contributed by atoms with Crippen LogP contribution in [0.3, 0.4) is 0 Å². The average Bonchev–Trinajstić information content (AvgIpc) is 2.74. The standard InChI is InChI=1S/C22H20N2O4S/c1-16(25)17-8-6-10-19(14-17)23-22(26)18-9-7-13-21(15-18)29(27,28)24(2)20-11-4-3-5-12-20/h3-15H,1-2H3,(H,23,26). The Kier molecular flexibility index (Phi) is 5.79. The van der Waals surface area contributed by atoms with Gasteiger partial charge in [-0.2, -0.15) is 0 Å². The van der Waals surface area contributed by atoms with Gasteiger partial charge in [-0.1, -0.05) is 36.4 Å². The number of para-hydroxylation sites is 1. The lowest BCUT2D eigenvalue weighted by atomic mass is 10.1. The van der Waals surface area contributed by atoms with E-state index < -0.39 is 15.9 Å². The molecule has 3 aromatic rings. The van der Waals surface area contributed by atoms with Crippen LogP contribution in [0.4, 0.5) is 11.4 Å². The SMILES string of the molecule is CC(=O)c1cccc(NC(=O)c2cccc(S(=O)(=O)N(C)c3ccccc3)c2)c1. The quantitative estimate of drug-likeness (QED) is 0.626. The minimum Gasteiger partial charge on any atom is -0.322 e. The van der Waals surface area contributed by atoms with Crippen LogP contribution in [0.2, 0.25) is 0 Å². The van der Waals surface area contributed by atoms with Gasteiger partial charge < -0.3 is 5.32 Å². The smallest absolute Gasteiger partial charge is 0.264 e. The van der Waals surface area contributed by atoms with Crippen LogP contribution >= 0.6 is 0 Å². The van der Waals surface area contributed by atoms with Crippen LogP contribution in [-0.2, 0) is 10.0 Å². The first kappa shape index (κ1) is 20.3. The summed E-state index contributed by atoms with van der Waals surface area (Å²) in [6.45, 7) is 1.44. The van der Waals surface area contributed by atoms with Crippen molar-refractivity contribution in [1.82, 2.24) is 0 Å². The molecule has 0 unspecified atom stereocenters. The molecular formula is C22H20N2O4S. The molecule has 1 N–H and O–H groups in total. The van der Waals surface area contributed by atoms with E-state index in [1.54, 1.807) is 54.6 Å². The highest BCUT2D eigenvalue weighted by molar-refractivity contribution is 7.92. The molecule has 148 valence electrons. The van der Waals surface area contributed by atoms with Crippen LogP contribution in [0.25, 0.3) is 0 Å². The first-order valence-corrected chi connectivity index (χ1v) is 10.3. The Balaban J connectivity index is 1.86. The molecule has 0 heterocycles. The summed E-state index contributed by atoms with van der Waals surface area (Å²) in [4.78, 5) is 24.1. The molecule has 0 fully saturated rings. The lowest BCUT2D eigenvalue weighted by Gasteiger charge is -2.19. The van der Waals surface area contributed by atoms with Gasteiger partial charge in [-0.05, 0) is 49.4 Å². The molecule has 0 aliphatic heterocycles. The Morgan fingerprint density at radius 1 is 0.828 bits per heavy atom. The van der Waals surface area contributed by atoms with Crippen molar-refractivity contribution in [3.8, 4) is 0 Å². The molecule has 6 nitrogen and oxygen atoms in total. The molecule has 29 heavy (non-hydrogen) atoms. The van der Waals surface area contributed by atoms with E-state index in [0.717, 1.165) is 0 Å². The molecule has 0 aromatic heterocycles. The van der Waals surface area contributed by atoms with Gasteiger partial charge in [0.15, 0.2) is 5.78 Å². The zero-order valence-corrected chi connectivity index (χ0v) is 16.8. The zero-order valence-electron chi connectivity index (χ0n) is 16.0. The predicted molar refractivity (Wildman–Crippen MR) is 113 cm³/mol. The third-order valence-corrected chi connectivity index (χ3v) is 6.18. The van der Waals surface area contributed by atoms with E-state index in [1.807, 2.05) is 0 Å². The highest BCUT2D eigenvalue weighted by atomic mass is 32.2. The van der Waals surface area contributed by atoms with Gasteiger partial charge in [0.25, 0.3) is 15.9 Å². The Hall–Kier alpha value is -3.45. The van der Waals surface area contributed by atoms with E-state index >= 15 is 0 Å². The van der Waals surface area contributed by atoms with E-state index in [-0.39, 0.29) is 16.2 Å². The maximum Gasteiger partial charge on any atom is 0.264 e. The number of hydrogen-bond donors (Lipinski definition) is 1. The predicted octanol–water partition coefficient (Wildman–Crippen LogP) is 3.97. The molecular weight excluding hydrogens is 388 g/mol. The van der Waals surface area contributed by atoms with Crippen molar-refractivity contribution in [1.29, 1.82) is 0 Å². The molecule has 0 spiro atoms. The van der Waals surface area contributed by atoms with Gasteiger partial charge in [0.1, 0.15) is 0 Å². The molecule has 0 aliphatic carbocycles. The Morgan fingerprint density at radius 2 is 1.48 bits per heavy atom. The van der Waals surface area contributed by atoms with Gasteiger partial charge >= 0.3 is 0 Å². The topological polar surface area (TPSA) is 83.5 Å². The number of carbonyl (C=O) groups excluding carboxylic acids is 2. The zero-order chi connectivity index (χ0) is 21.0. The molecule has 1 amide bonds. The third-order valence-electron chi connectivity index (χ3n) is 4.40. The lowest BCUT2D eigenvalue weighted by Crippen LogP contribution is -2.26. The van der Waals surface area contributed by atoms with Gasteiger partial charge in [-0.3, -0.25) is 13.9 Å². The van der Waals surface area contributed by atoms with Crippen LogP contribution in [-0.4, -0.2) is 27.2 Å². The van der Waals surface area contributed by atoms with Crippen LogP contribution in [0, 0.1) is 0 Å². The van der Waals surface area contributed by atoms with Gasteiger partial charge in [0.2, 0.25) is 0 Å². The number of nitrogens with zero attached hydrogens (tertiary/aromatic N) is 1. The van der Waals surface area contributed by atoms with Crippen LogP contribution in [0.5, 0.6) is 0 Å². The molecule has 0 saturated heterocycles. The van der Waals surface area contributed by atoms with E-state index in [4.69, 9.17) is 0 Å². The number of ketones is 1. The van der Waals surface area contributed by atoms with E-state index in [0.29, 0.717) is 16.9 Å². The van der Waals surface area contributed by atoms with Crippen LogP contribution in [0.1, 0.15) is 27.6 Å². The first-order valence-electron chi connectivity index (χ1n) is 8.85. The minimum absolute atomic E-state index is 0.00832. The van der Waals surface area contributed by atoms with E-state index in [2.05, 4.69) is 5.32 Å². The number of carbonyl (C=O) groups is 2. The summed E-state index contributed by atoms with van der Waals surface area (Å²) >= 11 is 0. The molecule has 0 atom stereocenters. The third kappa shape index (κ3) is 4.52. The fourth-order valence-corrected chi connectivity index (χ4v) is 3.99. The van der Waals surface area contributed by atoms with Crippen LogP contribution in [0.15, 0.2) is 83.8 Å². The van der Waals surface area contributed by atoms with Crippen molar-refractivity contribution >= 4 is 33.1 Å². The fraction of sp³-hybridized carbons (Fsp3) is 0.0909. The van der Waals surface area contributed by atoms with Gasteiger partial charge in [-0.15, -0.1) is 0 Å². The van der Waals surface area contributed by atoms with Crippen molar-refractivity contribution in [2.24, 2.45) is 0 Å². The first-order chi connectivity index (χ1) is 13.8. The summed E-state index contributed by atoms with van der Waals surface area (Å²) in [6, 6.07) is 21.1. The highest BCUT2D eigenvalue weighted by Crippen LogP contribution is 2.23. The van der Waals surface area contributed by atoms with E-state index in [9.17, 15) is 18.0 Å². The second-order valence-corrected chi connectivity index (χ2v) is 8.40. The summed E-state index contributed by atoms with van der Waals surface area (Å²) in [6.07, 6.45) is 0.